The Morgan fingerprint density at radius 1 is 0.481 bits per heavy atom. The van der Waals surface area contributed by atoms with E-state index in [0.717, 1.165) is 89.9 Å². The van der Waals surface area contributed by atoms with Crippen LogP contribution in [0, 0.1) is 0 Å². The minimum absolute atomic E-state index is 0.0643. The first-order valence-corrected chi connectivity index (χ1v) is 31.7. The van der Waals surface area contributed by atoms with Crippen molar-refractivity contribution < 1.29 is 49.3 Å². The number of carbonyl (C=O) groups is 2. The van der Waals surface area contributed by atoms with Gasteiger partial charge in [0.15, 0.2) is 6.29 Å². The number of ether oxygens (including phenoxy) is 3. The molecule has 1 rings (SSSR count). The van der Waals surface area contributed by atoms with Crippen LogP contribution < -0.4 is 5.32 Å². The number of amides is 1. The van der Waals surface area contributed by atoms with Crippen molar-refractivity contribution in [3.05, 3.63) is 72.9 Å². The van der Waals surface area contributed by atoms with Crippen LogP contribution in [0.3, 0.4) is 0 Å². The van der Waals surface area contributed by atoms with Gasteiger partial charge in [0.1, 0.15) is 24.4 Å². The molecular formula is C66H117NO10. The van der Waals surface area contributed by atoms with E-state index in [1.54, 1.807) is 6.08 Å². The molecule has 1 amide bonds. The lowest BCUT2D eigenvalue weighted by Gasteiger charge is -2.40. The summed E-state index contributed by atoms with van der Waals surface area (Å²) in [4.78, 5) is 25.1. The summed E-state index contributed by atoms with van der Waals surface area (Å²) in [6.07, 6.45) is 62.9. The van der Waals surface area contributed by atoms with Crippen LogP contribution in [0.15, 0.2) is 72.9 Å². The van der Waals surface area contributed by atoms with Crippen LogP contribution in [0.4, 0.5) is 0 Å². The Morgan fingerprint density at radius 2 is 0.896 bits per heavy atom. The van der Waals surface area contributed by atoms with Crippen molar-refractivity contribution in [2.75, 3.05) is 19.8 Å². The van der Waals surface area contributed by atoms with E-state index in [-0.39, 0.29) is 18.5 Å². The van der Waals surface area contributed by atoms with E-state index in [1.807, 2.05) is 6.08 Å². The minimum Gasteiger partial charge on any atom is -0.465 e. The number of rotatable bonds is 54. The quantitative estimate of drug-likeness (QED) is 0.0195. The summed E-state index contributed by atoms with van der Waals surface area (Å²) in [5, 5.41) is 54.4. The third-order valence-corrected chi connectivity index (χ3v) is 14.5. The normalized spacial score (nSPS) is 19.1. The van der Waals surface area contributed by atoms with Gasteiger partial charge in [-0.25, -0.2) is 0 Å². The highest BCUT2D eigenvalue weighted by molar-refractivity contribution is 5.76. The number of esters is 1. The van der Waals surface area contributed by atoms with Gasteiger partial charge in [-0.1, -0.05) is 241 Å². The van der Waals surface area contributed by atoms with Gasteiger partial charge in [-0.15, -0.1) is 0 Å². The molecule has 1 fully saturated rings. The number of hydrogen-bond acceptors (Lipinski definition) is 10. The van der Waals surface area contributed by atoms with E-state index < -0.39 is 49.5 Å². The number of carbonyl (C=O) groups excluding carboxylic acids is 2. The number of allylic oxidation sites excluding steroid dienone is 10. The first kappa shape index (κ1) is 72.1. The second kappa shape index (κ2) is 55.0. The largest absolute Gasteiger partial charge is 0.465 e. The lowest BCUT2D eigenvalue weighted by molar-refractivity contribution is -0.302. The zero-order chi connectivity index (χ0) is 55.9. The molecule has 0 saturated carbocycles. The van der Waals surface area contributed by atoms with Crippen molar-refractivity contribution in [3.63, 3.8) is 0 Å². The van der Waals surface area contributed by atoms with Gasteiger partial charge in [0, 0.05) is 12.8 Å². The van der Waals surface area contributed by atoms with Crippen molar-refractivity contribution >= 4 is 11.9 Å². The maximum atomic E-state index is 13.1. The first-order chi connectivity index (χ1) is 37.7. The number of nitrogens with one attached hydrogen (secondary N) is 1. The molecular weight excluding hydrogens is 967 g/mol. The second-order valence-electron chi connectivity index (χ2n) is 21.7. The molecule has 7 atom stereocenters. The second-order valence-corrected chi connectivity index (χ2v) is 21.7. The maximum Gasteiger partial charge on any atom is 0.305 e. The predicted octanol–water partition coefficient (Wildman–Crippen LogP) is 15.2. The Morgan fingerprint density at radius 3 is 1.40 bits per heavy atom. The lowest BCUT2D eigenvalue weighted by atomic mass is 9.99. The molecule has 1 aliphatic rings. The highest BCUT2D eigenvalue weighted by atomic mass is 16.7. The van der Waals surface area contributed by atoms with Gasteiger partial charge in [0.05, 0.1) is 32.0 Å². The van der Waals surface area contributed by atoms with Crippen molar-refractivity contribution in [1.29, 1.82) is 0 Å². The molecule has 446 valence electrons. The Bertz CT molecular complexity index is 1510. The fraction of sp³-hybridized carbons (Fsp3) is 0.788. The van der Waals surface area contributed by atoms with E-state index in [2.05, 4.69) is 79.9 Å². The van der Waals surface area contributed by atoms with Crippen LogP contribution in [-0.2, 0) is 23.8 Å². The van der Waals surface area contributed by atoms with Crippen LogP contribution >= 0.6 is 0 Å². The van der Waals surface area contributed by atoms with Crippen LogP contribution in [0.25, 0.3) is 0 Å². The number of hydrogen-bond donors (Lipinski definition) is 6. The molecule has 0 radical (unpaired) electrons. The molecule has 0 aromatic heterocycles. The summed E-state index contributed by atoms with van der Waals surface area (Å²) in [7, 11) is 0. The Hall–Kier alpha value is -2.90. The summed E-state index contributed by atoms with van der Waals surface area (Å²) in [6, 6.07) is -0.834. The molecule has 11 nitrogen and oxygen atoms in total. The van der Waals surface area contributed by atoms with Crippen molar-refractivity contribution in [2.45, 2.75) is 314 Å². The van der Waals surface area contributed by atoms with Gasteiger partial charge in [0.2, 0.25) is 5.91 Å². The predicted molar refractivity (Wildman–Crippen MR) is 319 cm³/mol. The summed E-state index contributed by atoms with van der Waals surface area (Å²) in [5.41, 5.74) is 0. The summed E-state index contributed by atoms with van der Waals surface area (Å²) >= 11 is 0. The highest BCUT2D eigenvalue weighted by Gasteiger charge is 2.44. The van der Waals surface area contributed by atoms with Crippen LogP contribution in [0.1, 0.15) is 271 Å². The molecule has 6 N–H and O–H groups in total. The monoisotopic (exact) mass is 1080 g/mol. The molecule has 11 heteroatoms. The molecule has 1 aliphatic heterocycles. The number of unbranched alkanes of at least 4 members (excludes halogenated alkanes) is 30. The third kappa shape index (κ3) is 44.5. The molecule has 77 heavy (non-hydrogen) atoms. The van der Waals surface area contributed by atoms with Gasteiger partial charge in [-0.2, -0.15) is 0 Å². The fourth-order valence-electron chi connectivity index (χ4n) is 9.48. The van der Waals surface area contributed by atoms with E-state index in [9.17, 15) is 35.1 Å². The smallest absolute Gasteiger partial charge is 0.305 e. The zero-order valence-corrected chi connectivity index (χ0v) is 49.2. The van der Waals surface area contributed by atoms with Crippen molar-refractivity contribution in [3.8, 4) is 0 Å². The molecule has 7 unspecified atom stereocenters. The van der Waals surface area contributed by atoms with Gasteiger partial charge < -0.3 is 45.1 Å². The van der Waals surface area contributed by atoms with E-state index >= 15 is 0 Å². The van der Waals surface area contributed by atoms with Gasteiger partial charge >= 0.3 is 5.97 Å². The molecule has 0 aliphatic carbocycles. The van der Waals surface area contributed by atoms with Crippen LogP contribution in [0.5, 0.6) is 0 Å². The van der Waals surface area contributed by atoms with E-state index in [4.69, 9.17) is 14.2 Å². The van der Waals surface area contributed by atoms with Gasteiger partial charge in [0.25, 0.3) is 0 Å². The fourth-order valence-corrected chi connectivity index (χ4v) is 9.48. The van der Waals surface area contributed by atoms with Gasteiger partial charge in [-0.05, 0) is 89.9 Å². The number of aliphatic hydroxyl groups is 5. The Kier molecular flexibility index (Phi) is 51.5. The van der Waals surface area contributed by atoms with Gasteiger partial charge in [-0.3, -0.25) is 9.59 Å². The summed E-state index contributed by atoms with van der Waals surface area (Å²) in [6.45, 7) is 4.16. The topological polar surface area (TPSA) is 175 Å². The zero-order valence-electron chi connectivity index (χ0n) is 49.2. The standard InChI is InChI=1S/C66H117NO10/c1-3-5-7-9-11-13-15-17-28-32-36-40-44-48-52-59(69)58(57-76-66-65(74)64(73)63(72)60(56-68)77-66)67-61(70)53-49-45-41-37-33-29-26-24-22-20-19-21-23-25-27-31-35-39-43-47-51-55-75-62(71)54-50-46-42-38-34-30-18-16-14-12-10-8-6-4-2/h10,12,16,18,31-32,35-36,43,47-48,52,58-60,63-66,68-69,72-74H,3-9,11,13-15,17,19-30,33-34,37-42,44-46,49-51,53-57H2,1-2H3,(H,67,70)/b12-10-,18-16-,35-31-,36-32+,47-43-,52-48+. The van der Waals surface area contributed by atoms with E-state index in [0.29, 0.717) is 19.4 Å². The highest BCUT2D eigenvalue weighted by Crippen LogP contribution is 2.23. The summed E-state index contributed by atoms with van der Waals surface area (Å²) < 4.78 is 16.6. The first-order valence-electron chi connectivity index (χ1n) is 31.7. The summed E-state index contributed by atoms with van der Waals surface area (Å²) in [5.74, 6) is -0.262. The van der Waals surface area contributed by atoms with E-state index in [1.165, 1.54) is 154 Å². The average molecular weight is 1080 g/mol. The maximum absolute atomic E-state index is 13.1. The molecule has 0 aromatic carbocycles. The Balaban J connectivity index is 2.09. The molecule has 0 aromatic rings. The molecule has 0 spiro atoms. The Labute approximate surface area is 471 Å². The molecule has 1 heterocycles. The molecule has 0 bridgehead atoms. The SMILES string of the molecule is CCCC/C=C\C/C=C\CCCCCCCC(=O)OCC/C=C\C/C=C\CCCCCCCCCCCCCCCCC(=O)NC(COC1OC(CO)C(O)C(O)C1O)C(O)/C=C/CC/C=C/CCCCCCCCCC. The van der Waals surface area contributed by atoms with Crippen LogP contribution in [-0.4, -0.2) is 100 Å². The minimum atomic E-state index is -1.58. The van der Waals surface area contributed by atoms with Crippen molar-refractivity contribution in [2.24, 2.45) is 0 Å². The average Bonchev–Trinajstić information content (AvgIpc) is 3.43. The van der Waals surface area contributed by atoms with Crippen LogP contribution in [0.2, 0.25) is 0 Å². The third-order valence-electron chi connectivity index (χ3n) is 14.5. The lowest BCUT2D eigenvalue weighted by Crippen LogP contribution is -2.60. The number of aliphatic hydroxyl groups excluding tert-OH is 5. The van der Waals surface area contributed by atoms with Crippen molar-refractivity contribution in [1.82, 2.24) is 5.32 Å². The molecule has 1 saturated heterocycles.